The molecule has 4 nitrogen and oxygen atoms in total. The summed E-state index contributed by atoms with van der Waals surface area (Å²) in [5.74, 6) is 2.47. The molecular formula is C28H43NO3S. The standard InChI is InChI=1S/C28H43NO3S/c1-5-22-24-12-11-23(19(2)18-33(31,32)21-9-7-6-8-10-21)27(24,3)16-14-25(22)28(4)15-13-20(30)17-26(28)29/h6-10,19-20,22-25,29-30H,5,11-18H2,1-4H3/t19-,20+,22+,23-,24?,25?,27-,28-/m1/s1. The number of rotatable bonds is 6. The molecule has 0 aliphatic heterocycles. The van der Waals surface area contributed by atoms with Crippen LogP contribution in [0.1, 0.15) is 79.1 Å². The average molecular weight is 474 g/mol. The summed E-state index contributed by atoms with van der Waals surface area (Å²) in [5, 5.41) is 18.9. The van der Waals surface area contributed by atoms with E-state index in [0.29, 0.717) is 35.0 Å². The van der Waals surface area contributed by atoms with Crippen molar-refractivity contribution in [1.82, 2.24) is 0 Å². The molecule has 2 N–H and O–H groups in total. The van der Waals surface area contributed by atoms with Crippen LogP contribution in [0.25, 0.3) is 0 Å². The normalized spacial score (nSPS) is 40.4. The molecule has 0 amide bonds. The van der Waals surface area contributed by atoms with Gasteiger partial charge in [0.25, 0.3) is 0 Å². The molecule has 0 spiro atoms. The Bertz CT molecular complexity index is 961. The molecule has 0 saturated heterocycles. The summed E-state index contributed by atoms with van der Waals surface area (Å²) in [6.45, 7) is 9.20. The maximum absolute atomic E-state index is 13.1. The van der Waals surface area contributed by atoms with Gasteiger partial charge in [-0.05, 0) is 85.7 Å². The van der Waals surface area contributed by atoms with Gasteiger partial charge >= 0.3 is 0 Å². The Balaban J connectivity index is 1.54. The van der Waals surface area contributed by atoms with Crippen LogP contribution < -0.4 is 0 Å². The highest BCUT2D eigenvalue weighted by Crippen LogP contribution is 2.64. The van der Waals surface area contributed by atoms with Crippen LogP contribution >= 0.6 is 0 Å². The molecule has 5 heteroatoms. The molecule has 1 aromatic rings. The predicted octanol–water partition coefficient (Wildman–Crippen LogP) is 6.14. The van der Waals surface area contributed by atoms with Gasteiger partial charge in [-0.3, -0.25) is 0 Å². The maximum atomic E-state index is 13.1. The number of nitrogens with one attached hydrogen (secondary N) is 1. The third-order valence-corrected chi connectivity index (χ3v) is 12.2. The zero-order valence-electron chi connectivity index (χ0n) is 20.9. The molecule has 33 heavy (non-hydrogen) atoms. The van der Waals surface area contributed by atoms with Gasteiger partial charge in [0.1, 0.15) is 0 Å². The third-order valence-electron chi connectivity index (χ3n) is 10.2. The summed E-state index contributed by atoms with van der Waals surface area (Å²) < 4.78 is 26.2. The average Bonchev–Trinajstić information content (AvgIpc) is 3.13. The summed E-state index contributed by atoms with van der Waals surface area (Å²) in [4.78, 5) is 0.442. The lowest BCUT2D eigenvalue weighted by molar-refractivity contribution is -0.0387. The highest BCUT2D eigenvalue weighted by atomic mass is 32.2. The summed E-state index contributed by atoms with van der Waals surface area (Å²) >= 11 is 0. The molecule has 0 bridgehead atoms. The van der Waals surface area contributed by atoms with Crippen molar-refractivity contribution >= 4 is 15.5 Å². The SMILES string of the molecule is CC[C@@H]1C([C@@]2(C)CC[C@H](O)CC2=N)CC[C@@]2(C)C1CC[C@@H]2[C@H](C)CS(=O)(=O)c1ccccc1. The zero-order valence-corrected chi connectivity index (χ0v) is 21.7. The van der Waals surface area contributed by atoms with Crippen molar-refractivity contribution in [3.05, 3.63) is 30.3 Å². The Morgan fingerprint density at radius 1 is 1.06 bits per heavy atom. The number of aliphatic hydroxyl groups excluding tert-OH is 1. The lowest BCUT2D eigenvalue weighted by Gasteiger charge is -2.55. The lowest BCUT2D eigenvalue weighted by atomic mass is 9.49. The van der Waals surface area contributed by atoms with E-state index in [2.05, 4.69) is 27.7 Å². The monoisotopic (exact) mass is 473 g/mol. The van der Waals surface area contributed by atoms with E-state index in [-0.39, 0.29) is 28.6 Å². The van der Waals surface area contributed by atoms with Gasteiger partial charge in [0, 0.05) is 17.5 Å². The van der Waals surface area contributed by atoms with Crippen LogP contribution in [0.5, 0.6) is 0 Å². The highest BCUT2D eigenvalue weighted by Gasteiger charge is 2.58. The molecule has 4 rings (SSSR count). The summed E-state index contributed by atoms with van der Waals surface area (Å²) in [5.41, 5.74) is 0.835. The first-order valence-electron chi connectivity index (χ1n) is 13.1. The molecule has 3 aliphatic carbocycles. The number of sulfone groups is 1. The molecule has 3 fully saturated rings. The van der Waals surface area contributed by atoms with Crippen molar-refractivity contribution in [2.75, 3.05) is 5.75 Å². The Kier molecular flexibility index (Phi) is 6.88. The van der Waals surface area contributed by atoms with Crippen molar-refractivity contribution in [2.45, 2.75) is 90.1 Å². The third kappa shape index (κ3) is 4.33. The fourth-order valence-corrected chi connectivity index (χ4v) is 10.1. The van der Waals surface area contributed by atoms with Crippen molar-refractivity contribution in [2.24, 2.45) is 40.4 Å². The van der Waals surface area contributed by atoms with Crippen LogP contribution in [0.3, 0.4) is 0 Å². The van der Waals surface area contributed by atoms with E-state index in [4.69, 9.17) is 5.41 Å². The van der Waals surface area contributed by atoms with Crippen LogP contribution in [0.4, 0.5) is 0 Å². The second kappa shape index (κ2) is 9.11. The molecule has 3 aliphatic rings. The number of benzene rings is 1. The number of hydrogen-bond acceptors (Lipinski definition) is 4. The van der Waals surface area contributed by atoms with Crippen LogP contribution in [0, 0.1) is 45.8 Å². The number of aliphatic hydroxyl groups is 1. The quantitative estimate of drug-likeness (QED) is 0.521. The van der Waals surface area contributed by atoms with E-state index in [1.165, 1.54) is 6.42 Å². The van der Waals surface area contributed by atoms with Crippen LogP contribution in [0.2, 0.25) is 0 Å². The minimum absolute atomic E-state index is 0.0956. The molecule has 1 aromatic carbocycles. The Morgan fingerprint density at radius 3 is 2.39 bits per heavy atom. The molecule has 0 radical (unpaired) electrons. The Hall–Kier alpha value is -1.20. The van der Waals surface area contributed by atoms with Crippen LogP contribution in [-0.4, -0.2) is 31.1 Å². The second-order valence-electron chi connectivity index (χ2n) is 11.9. The van der Waals surface area contributed by atoms with E-state index in [1.807, 2.05) is 6.07 Å². The van der Waals surface area contributed by atoms with Gasteiger partial charge in [-0.25, -0.2) is 8.42 Å². The van der Waals surface area contributed by atoms with E-state index >= 15 is 0 Å². The minimum Gasteiger partial charge on any atom is -0.393 e. The molecule has 8 atom stereocenters. The minimum atomic E-state index is -3.28. The van der Waals surface area contributed by atoms with Crippen molar-refractivity contribution in [3.8, 4) is 0 Å². The first kappa shape index (κ1) is 24.9. The van der Waals surface area contributed by atoms with Gasteiger partial charge in [-0.1, -0.05) is 52.3 Å². The van der Waals surface area contributed by atoms with Gasteiger partial charge in [0.15, 0.2) is 9.84 Å². The van der Waals surface area contributed by atoms with E-state index < -0.39 is 9.84 Å². The predicted molar refractivity (Wildman–Crippen MR) is 134 cm³/mol. The fraction of sp³-hybridized carbons (Fsp3) is 0.750. The van der Waals surface area contributed by atoms with Crippen molar-refractivity contribution in [1.29, 1.82) is 5.41 Å². The molecule has 0 aromatic heterocycles. The Morgan fingerprint density at radius 2 is 1.76 bits per heavy atom. The molecule has 2 unspecified atom stereocenters. The highest BCUT2D eigenvalue weighted by molar-refractivity contribution is 7.91. The van der Waals surface area contributed by atoms with E-state index in [9.17, 15) is 13.5 Å². The second-order valence-corrected chi connectivity index (χ2v) is 13.9. The Labute approximate surface area is 201 Å². The molecule has 3 saturated carbocycles. The van der Waals surface area contributed by atoms with Crippen LogP contribution in [-0.2, 0) is 9.84 Å². The van der Waals surface area contributed by atoms with Gasteiger partial charge in [-0.2, -0.15) is 0 Å². The topological polar surface area (TPSA) is 78.2 Å². The number of hydrogen-bond donors (Lipinski definition) is 2. The molecular weight excluding hydrogens is 430 g/mol. The van der Waals surface area contributed by atoms with E-state index in [0.717, 1.165) is 44.2 Å². The molecule has 0 heterocycles. The van der Waals surface area contributed by atoms with Gasteiger partial charge in [0.2, 0.25) is 0 Å². The summed E-state index contributed by atoms with van der Waals surface area (Å²) in [6.07, 6.45) is 7.59. The largest absolute Gasteiger partial charge is 0.393 e. The van der Waals surface area contributed by atoms with E-state index in [1.54, 1.807) is 24.3 Å². The fourth-order valence-electron chi connectivity index (χ4n) is 8.41. The van der Waals surface area contributed by atoms with Crippen molar-refractivity contribution in [3.63, 3.8) is 0 Å². The van der Waals surface area contributed by atoms with Gasteiger partial charge in [0.05, 0.1) is 16.8 Å². The lowest BCUT2D eigenvalue weighted by Crippen LogP contribution is -2.51. The first-order chi connectivity index (χ1) is 15.5. The van der Waals surface area contributed by atoms with Crippen molar-refractivity contribution < 1.29 is 13.5 Å². The molecule has 184 valence electrons. The first-order valence-corrected chi connectivity index (χ1v) is 14.7. The van der Waals surface area contributed by atoms with Gasteiger partial charge in [-0.15, -0.1) is 0 Å². The summed E-state index contributed by atoms with van der Waals surface area (Å²) in [6, 6.07) is 8.91. The summed E-state index contributed by atoms with van der Waals surface area (Å²) in [7, 11) is -3.28. The smallest absolute Gasteiger partial charge is 0.178 e. The van der Waals surface area contributed by atoms with Gasteiger partial charge < -0.3 is 10.5 Å². The zero-order chi connectivity index (χ0) is 24.0. The van der Waals surface area contributed by atoms with Crippen LogP contribution in [0.15, 0.2) is 35.2 Å². The number of fused-ring (bicyclic) bond motifs is 1. The maximum Gasteiger partial charge on any atom is 0.178 e.